The molecule has 0 bridgehead atoms. The number of nitrogens with zero attached hydrogens (tertiary/aromatic N) is 3. The van der Waals surface area contributed by atoms with Crippen molar-refractivity contribution in [1.29, 1.82) is 0 Å². The molecule has 1 heterocycles. The molecule has 0 spiro atoms. The molecule has 0 aliphatic rings. The number of aromatic nitrogens is 3. The molecule has 0 amide bonds. The zero-order valence-electron chi connectivity index (χ0n) is 12.3. The Balaban J connectivity index is 2.11. The third-order valence-electron chi connectivity index (χ3n) is 2.66. The van der Waals surface area contributed by atoms with Crippen LogP contribution in [0.4, 0.5) is 17.6 Å². The Morgan fingerprint density at radius 2 is 1.56 bits per heavy atom. The predicted molar refractivity (Wildman–Crippen MR) is 89.3 cm³/mol. The summed E-state index contributed by atoms with van der Waals surface area (Å²) in [6.07, 6.45) is 0. The minimum absolute atomic E-state index is 0.00830. The molecule has 0 atom stereocenters. The maximum absolute atomic E-state index is 11.0. The van der Waals surface area contributed by atoms with E-state index in [0.717, 1.165) is 0 Å². The van der Waals surface area contributed by atoms with Crippen LogP contribution >= 0.6 is 11.6 Å². The average molecular weight is 410 g/mol. The van der Waals surface area contributed by atoms with Gasteiger partial charge in [0.1, 0.15) is 0 Å². The van der Waals surface area contributed by atoms with Crippen LogP contribution in [0.3, 0.4) is 0 Å². The summed E-state index contributed by atoms with van der Waals surface area (Å²) in [6, 6.07) is 5.08. The Hall–Kier alpha value is -2.06. The monoisotopic (exact) mass is 409 g/mol. The smallest absolute Gasteiger partial charge is 0.294 e. The van der Waals surface area contributed by atoms with E-state index in [4.69, 9.17) is 20.7 Å². The highest BCUT2D eigenvalue weighted by Crippen LogP contribution is 2.18. The summed E-state index contributed by atoms with van der Waals surface area (Å²) in [5, 5.41) is 5.12. The SMILES string of the molecule is O=S(=O)(O)CCNc1nc(Cl)nc(Nc2ccc(S(=O)(=O)O)cc2)n1. The van der Waals surface area contributed by atoms with E-state index in [2.05, 4.69) is 25.6 Å². The van der Waals surface area contributed by atoms with Gasteiger partial charge in [-0.1, -0.05) is 0 Å². The van der Waals surface area contributed by atoms with Crippen molar-refractivity contribution in [3.05, 3.63) is 29.5 Å². The average Bonchev–Trinajstić information content (AvgIpc) is 2.45. The summed E-state index contributed by atoms with van der Waals surface area (Å²) >= 11 is 5.75. The third-order valence-corrected chi connectivity index (χ3v) is 4.42. The largest absolute Gasteiger partial charge is 0.353 e. The lowest BCUT2D eigenvalue weighted by Crippen LogP contribution is -2.16. The maximum Gasteiger partial charge on any atom is 0.294 e. The van der Waals surface area contributed by atoms with Crippen molar-refractivity contribution in [2.45, 2.75) is 4.90 Å². The first kappa shape index (κ1) is 19.3. The molecule has 0 aliphatic carbocycles. The standard InChI is InChI=1S/C11H12ClN5O6S2/c12-9-15-10(13-5-6-24(18,19)20)17-11(16-9)14-7-1-3-8(4-2-7)25(21,22)23/h1-4H,5-6H2,(H,18,19,20)(H,21,22,23)(H2,13,14,15,16,17). The van der Waals surface area contributed by atoms with Gasteiger partial charge in [0.25, 0.3) is 20.2 Å². The molecule has 0 radical (unpaired) electrons. The molecular formula is C11H12ClN5O6S2. The van der Waals surface area contributed by atoms with Gasteiger partial charge in [0.2, 0.25) is 17.2 Å². The number of nitrogens with one attached hydrogen (secondary N) is 2. The first-order chi connectivity index (χ1) is 11.5. The fourth-order valence-electron chi connectivity index (χ4n) is 1.62. The number of hydrogen-bond acceptors (Lipinski definition) is 9. The summed E-state index contributed by atoms with van der Waals surface area (Å²) in [4.78, 5) is 11.2. The number of benzene rings is 1. The molecule has 136 valence electrons. The summed E-state index contributed by atoms with van der Waals surface area (Å²) in [6.45, 7) is -0.151. The molecule has 0 saturated heterocycles. The van der Waals surface area contributed by atoms with Crippen molar-refractivity contribution < 1.29 is 25.9 Å². The second-order valence-electron chi connectivity index (χ2n) is 4.59. The topological polar surface area (TPSA) is 171 Å². The molecule has 1 aromatic heterocycles. The van der Waals surface area contributed by atoms with Gasteiger partial charge in [-0.2, -0.15) is 31.8 Å². The Labute approximate surface area is 148 Å². The van der Waals surface area contributed by atoms with Crippen molar-refractivity contribution in [2.24, 2.45) is 0 Å². The van der Waals surface area contributed by atoms with Gasteiger partial charge in [0.15, 0.2) is 0 Å². The predicted octanol–water partition coefficient (Wildman–Crippen LogP) is 0.815. The molecule has 14 heteroatoms. The zero-order chi connectivity index (χ0) is 18.7. The van der Waals surface area contributed by atoms with Gasteiger partial charge in [0.05, 0.1) is 10.6 Å². The molecule has 0 fully saturated rings. The van der Waals surface area contributed by atoms with Crippen LogP contribution in [0.2, 0.25) is 5.28 Å². The van der Waals surface area contributed by atoms with Gasteiger partial charge in [-0.3, -0.25) is 9.11 Å². The molecule has 11 nitrogen and oxygen atoms in total. The highest BCUT2D eigenvalue weighted by molar-refractivity contribution is 7.86. The lowest BCUT2D eigenvalue weighted by atomic mass is 10.3. The summed E-state index contributed by atoms with van der Waals surface area (Å²) in [5.41, 5.74) is 0.401. The van der Waals surface area contributed by atoms with Crippen LogP contribution in [0.1, 0.15) is 0 Å². The molecular weight excluding hydrogens is 398 g/mol. The minimum Gasteiger partial charge on any atom is -0.353 e. The van der Waals surface area contributed by atoms with Crippen molar-refractivity contribution in [2.75, 3.05) is 22.9 Å². The number of halogens is 1. The summed E-state index contributed by atoms with van der Waals surface area (Å²) < 4.78 is 60.8. The molecule has 1 aromatic carbocycles. The highest BCUT2D eigenvalue weighted by Gasteiger charge is 2.10. The Morgan fingerprint density at radius 1 is 0.960 bits per heavy atom. The summed E-state index contributed by atoms with van der Waals surface area (Å²) in [7, 11) is -8.43. The lowest BCUT2D eigenvalue weighted by Gasteiger charge is -2.08. The van der Waals surface area contributed by atoms with Crippen molar-refractivity contribution >= 4 is 49.4 Å². The second-order valence-corrected chi connectivity index (χ2v) is 7.92. The number of anilines is 3. The highest BCUT2D eigenvalue weighted by atomic mass is 35.5. The van der Waals surface area contributed by atoms with Crippen LogP contribution in [-0.2, 0) is 20.2 Å². The first-order valence-electron chi connectivity index (χ1n) is 6.48. The minimum atomic E-state index is -4.30. The van der Waals surface area contributed by atoms with E-state index in [1.807, 2.05) is 0 Å². The van der Waals surface area contributed by atoms with E-state index in [1.54, 1.807) is 0 Å². The first-order valence-corrected chi connectivity index (χ1v) is 9.91. The van der Waals surface area contributed by atoms with E-state index in [0.29, 0.717) is 5.69 Å². The van der Waals surface area contributed by atoms with E-state index >= 15 is 0 Å². The zero-order valence-corrected chi connectivity index (χ0v) is 14.7. The Kier molecular flexibility index (Phi) is 5.74. The van der Waals surface area contributed by atoms with Crippen molar-refractivity contribution in [3.63, 3.8) is 0 Å². The van der Waals surface area contributed by atoms with Crippen LogP contribution in [0.5, 0.6) is 0 Å². The van der Waals surface area contributed by atoms with Gasteiger partial charge in [-0.25, -0.2) is 0 Å². The van der Waals surface area contributed by atoms with Gasteiger partial charge < -0.3 is 10.6 Å². The second kappa shape index (κ2) is 7.45. The fourth-order valence-corrected chi connectivity index (χ4v) is 2.62. The van der Waals surface area contributed by atoms with E-state index < -0.39 is 26.0 Å². The third kappa shape index (κ3) is 6.39. The van der Waals surface area contributed by atoms with Crippen LogP contribution in [0.25, 0.3) is 0 Å². The van der Waals surface area contributed by atoms with Gasteiger partial charge in [-0.05, 0) is 35.9 Å². The van der Waals surface area contributed by atoms with Crippen LogP contribution in [-0.4, -0.2) is 53.2 Å². The normalized spacial score (nSPS) is 12.0. The van der Waals surface area contributed by atoms with Gasteiger partial charge >= 0.3 is 0 Å². The Morgan fingerprint density at radius 3 is 2.12 bits per heavy atom. The van der Waals surface area contributed by atoms with Crippen LogP contribution in [0, 0.1) is 0 Å². The Bertz CT molecular complexity index is 965. The quantitative estimate of drug-likeness (QED) is 0.476. The number of hydrogen-bond donors (Lipinski definition) is 4. The molecule has 0 aliphatic heterocycles. The van der Waals surface area contributed by atoms with Crippen molar-refractivity contribution in [1.82, 2.24) is 15.0 Å². The van der Waals surface area contributed by atoms with Crippen LogP contribution in [0.15, 0.2) is 29.2 Å². The lowest BCUT2D eigenvalue weighted by molar-refractivity contribution is 0.481. The van der Waals surface area contributed by atoms with E-state index in [9.17, 15) is 16.8 Å². The molecule has 25 heavy (non-hydrogen) atoms. The fraction of sp³-hybridized carbons (Fsp3) is 0.182. The van der Waals surface area contributed by atoms with Crippen LogP contribution < -0.4 is 10.6 Å². The maximum atomic E-state index is 11.0. The molecule has 2 rings (SSSR count). The van der Waals surface area contributed by atoms with Gasteiger partial charge in [0, 0.05) is 12.2 Å². The van der Waals surface area contributed by atoms with Crippen molar-refractivity contribution in [3.8, 4) is 0 Å². The molecule has 0 unspecified atom stereocenters. The van der Waals surface area contributed by atoms with Gasteiger partial charge in [-0.15, -0.1) is 0 Å². The summed E-state index contributed by atoms with van der Waals surface area (Å²) in [5.74, 6) is -0.564. The molecule has 0 saturated carbocycles. The molecule has 2 aromatic rings. The van der Waals surface area contributed by atoms with E-state index in [1.165, 1.54) is 24.3 Å². The molecule has 4 N–H and O–H groups in total. The number of rotatable bonds is 7. The van der Waals surface area contributed by atoms with E-state index in [-0.39, 0.29) is 28.6 Å².